The Kier molecular flexibility index (Phi) is 4.17. The molecule has 1 aliphatic carbocycles. The smallest absolute Gasteiger partial charge is 0.410 e. The molecule has 1 N–H and O–H groups in total. The molecule has 2 saturated heterocycles. The van der Waals surface area contributed by atoms with Crippen LogP contribution in [0.25, 0.3) is 0 Å². The zero-order chi connectivity index (χ0) is 18.5. The van der Waals surface area contributed by atoms with E-state index in [2.05, 4.69) is 10.00 Å². The largest absolute Gasteiger partial charge is 0.476 e. The number of hydrogen-bond acceptors (Lipinski definition) is 5. The molecule has 8 heteroatoms. The van der Waals surface area contributed by atoms with Gasteiger partial charge in [0.2, 0.25) is 0 Å². The molecule has 1 atom stereocenters. The van der Waals surface area contributed by atoms with Gasteiger partial charge in [-0.25, -0.2) is 9.59 Å². The average Bonchev–Trinajstić information content (AvgIpc) is 3.12. The molecule has 0 saturated carbocycles. The lowest BCUT2D eigenvalue weighted by Gasteiger charge is -2.42. The summed E-state index contributed by atoms with van der Waals surface area (Å²) in [4.78, 5) is 27.4. The van der Waals surface area contributed by atoms with Crippen LogP contribution >= 0.6 is 0 Å². The Morgan fingerprint density at radius 3 is 2.69 bits per heavy atom. The molecule has 0 aromatic carbocycles. The van der Waals surface area contributed by atoms with Crippen LogP contribution in [0.2, 0.25) is 0 Å². The number of carboxylic acids is 1. The second-order valence-corrected chi connectivity index (χ2v) is 7.73. The van der Waals surface area contributed by atoms with E-state index >= 15 is 0 Å². The molecule has 1 amide bonds. The third kappa shape index (κ3) is 2.76. The topological polar surface area (TPSA) is 87.9 Å². The van der Waals surface area contributed by atoms with Crippen molar-refractivity contribution in [2.75, 3.05) is 26.7 Å². The lowest BCUT2D eigenvalue weighted by atomic mass is 9.86. The summed E-state index contributed by atoms with van der Waals surface area (Å²) in [5.74, 6) is -0.937. The van der Waals surface area contributed by atoms with Crippen LogP contribution in [0.4, 0.5) is 4.79 Å². The standard InChI is InChI=1S/C18H26N4O4/c1-3-22-14-5-4-12(10-13(14)15(19-22)16(23)24)21-8-6-18(7-9-21)11-20(2)17(25)26-18/h12H,3-11H2,1-2H3,(H,23,24)/t12-/m1/s1. The lowest BCUT2D eigenvalue weighted by Crippen LogP contribution is -2.51. The van der Waals surface area contributed by atoms with Crippen LogP contribution in [0.15, 0.2) is 0 Å². The fraction of sp³-hybridized carbons (Fsp3) is 0.722. The highest BCUT2D eigenvalue weighted by Crippen LogP contribution is 2.35. The predicted molar refractivity (Wildman–Crippen MR) is 93.3 cm³/mol. The molecule has 2 aliphatic heterocycles. The van der Waals surface area contributed by atoms with Gasteiger partial charge >= 0.3 is 12.1 Å². The Morgan fingerprint density at radius 2 is 2.12 bits per heavy atom. The second-order valence-electron chi connectivity index (χ2n) is 7.73. The fourth-order valence-electron chi connectivity index (χ4n) is 4.76. The highest BCUT2D eigenvalue weighted by atomic mass is 16.6. The number of rotatable bonds is 3. The number of carboxylic acid groups (broad SMARTS) is 1. The molecule has 8 nitrogen and oxygen atoms in total. The Morgan fingerprint density at radius 1 is 1.38 bits per heavy atom. The van der Waals surface area contributed by atoms with Crippen molar-refractivity contribution < 1.29 is 19.4 Å². The lowest BCUT2D eigenvalue weighted by molar-refractivity contribution is -0.0117. The third-order valence-electron chi connectivity index (χ3n) is 6.19. The fourth-order valence-corrected chi connectivity index (χ4v) is 4.76. The van der Waals surface area contributed by atoms with Gasteiger partial charge in [-0.05, 0) is 26.2 Å². The van der Waals surface area contributed by atoms with E-state index in [4.69, 9.17) is 4.74 Å². The number of amides is 1. The molecule has 0 bridgehead atoms. The van der Waals surface area contributed by atoms with Crippen LogP contribution in [0.1, 0.15) is 47.9 Å². The molecule has 26 heavy (non-hydrogen) atoms. The van der Waals surface area contributed by atoms with Gasteiger partial charge in [0.25, 0.3) is 0 Å². The molecule has 1 aromatic heterocycles. The molecule has 0 unspecified atom stereocenters. The first-order valence-electron chi connectivity index (χ1n) is 9.42. The van der Waals surface area contributed by atoms with Crippen molar-refractivity contribution in [1.29, 1.82) is 0 Å². The Hall–Kier alpha value is -2.09. The van der Waals surface area contributed by atoms with Crippen LogP contribution in [0.5, 0.6) is 0 Å². The highest BCUT2D eigenvalue weighted by Gasteiger charge is 2.46. The number of aromatic carboxylic acids is 1. The molecule has 1 aromatic rings. The molecule has 142 valence electrons. The summed E-state index contributed by atoms with van der Waals surface area (Å²) in [6.45, 7) is 5.12. The molecular formula is C18H26N4O4. The maximum Gasteiger partial charge on any atom is 0.410 e. The number of aromatic nitrogens is 2. The van der Waals surface area contributed by atoms with Gasteiger partial charge in [-0.2, -0.15) is 5.10 Å². The first-order valence-corrected chi connectivity index (χ1v) is 9.42. The molecule has 2 fully saturated rings. The summed E-state index contributed by atoms with van der Waals surface area (Å²) < 4.78 is 7.47. The number of hydrogen-bond donors (Lipinski definition) is 1. The number of carbonyl (C=O) groups excluding carboxylic acids is 1. The minimum Gasteiger partial charge on any atom is -0.476 e. The van der Waals surface area contributed by atoms with E-state index in [9.17, 15) is 14.7 Å². The van der Waals surface area contributed by atoms with Gasteiger partial charge < -0.3 is 14.7 Å². The number of nitrogens with zero attached hydrogens (tertiary/aromatic N) is 4. The molecule has 1 spiro atoms. The van der Waals surface area contributed by atoms with Crippen molar-refractivity contribution in [3.05, 3.63) is 17.0 Å². The van der Waals surface area contributed by atoms with Gasteiger partial charge in [0, 0.05) is 56.8 Å². The van der Waals surface area contributed by atoms with E-state index in [0.717, 1.165) is 56.5 Å². The van der Waals surface area contributed by atoms with Gasteiger partial charge in [0.15, 0.2) is 5.69 Å². The molecule has 3 aliphatic rings. The Balaban J connectivity index is 1.46. The third-order valence-corrected chi connectivity index (χ3v) is 6.19. The maximum atomic E-state index is 11.7. The molecule has 0 radical (unpaired) electrons. The van der Waals surface area contributed by atoms with E-state index in [1.165, 1.54) is 0 Å². The highest BCUT2D eigenvalue weighted by molar-refractivity contribution is 5.87. The summed E-state index contributed by atoms with van der Waals surface area (Å²) in [5.41, 5.74) is 1.87. The molecular weight excluding hydrogens is 336 g/mol. The van der Waals surface area contributed by atoms with Gasteiger partial charge in [-0.3, -0.25) is 9.58 Å². The van der Waals surface area contributed by atoms with Crippen LogP contribution in [-0.4, -0.2) is 75.1 Å². The second kappa shape index (κ2) is 6.26. The first-order chi connectivity index (χ1) is 12.4. The normalized spacial score (nSPS) is 25.4. The van der Waals surface area contributed by atoms with Crippen LogP contribution in [-0.2, 0) is 24.1 Å². The van der Waals surface area contributed by atoms with Crippen molar-refractivity contribution in [2.45, 2.75) is 57.2 Å². The van der Waals surface area contributed by atoms with Crippen molar-refractivity contribution in [2.24, 2.45) is 0 Å². The number of piperidine rings is 1. The number of carbonyl (C=O) groups is 2. The minimum atomic E-state index is -0.937. The molecule has 4 rings (SSSR count). The first kappa shape index (κ1) is 17.3. The quantitative estimate of drug-likeness (QED) is 0.874. The minimum absolute atomic E-state index is 0.214. The Bertz CT molecular complexity index is 736. The average molecular weight is 362 g/mol. The van der Waals surface area contributed by atoms with Crippen molar-refractivity contribution in [1.82, 2.24) is 19.6 Å². The number of fused-ring (bicyclic) bond motifs is 1. The van der Waals surface area contributed by atoms with E-state index < -0.39 is 5.97 Å². The number of likely N-dealkylation sites (N-methyl/N-ethyl adjacent to an activating group) is 1. The van der Waals surface area contributed by atoms with Gasteiger partial charge in [-0.15, -0.1) is 0 Å². The van der Waals surface area contributed by atoms with Gasteiger partial charge in [0.05, 0.1) is 6.54 Å². The monoisotopic (exact) mass is 362 g/mol. The zero-order valence-electron chi connectivity index (χ0n) is 15.4. The van der Waals surface area contributed by atoms with E-state index in [0.29, 0.717) is 19.1 Å². The zero-order valence-corrected chi connectivity index (χ0v) is 15.4. The van der Waals surface area contributed by atoms with Crippen LogP contribution < -0.4 is 0 Å². The SMILES string of the molecule is CCn1nc(C(=O)O)c2c1CC[C@@H](N1CCC3(CC1)CN(C)C(=O)O3)C2. The van der Waals surface area contributed by atoms with Crippen LogP contribution in [0, 0.1) is 0 Å². The van der Waals surface area contributed by atoms with Gasteiger partial charge in [0.1, 0.15) is 5.60 Å². The summed E-state index contributed by atoms with van der Waals surface area (Å²) in [6, 6.07) is 0.335. The molecule has 3 heterocycles. The summed E-state index contributed by atoms with van der Waals surface area (Å²) in [5, 5.41) is 13.8. The summed E-state index contributed by atoms with van der Waals surface area (Å²) >= 11 is 0. The van der Waals surface area contributed by atoms with E-state index in [-0.39, 0.29) is 17.4 Å². The number of ether oxygens (including phenoxy) is 1. The van der Waals surface area contributed by atoms with E-state index in [1.54, 1.807) is 11.9 Å². The van der Waals surface area contributed by atoms with Crippen molar-refractivity contribution in [3.8, 4) is 0 Å². The summed E-state index contributed by atoms with van der Waals surface area (Å²) in [6.07, 6.45) is 4.08. The maximum absolute atomic E-state index is 11.7. The number of likely N-dealkylation sites (tertiary alicyclic amines) is 1. The van der Waals surface area contributed by atoms with Crippen LogP contribution in [0.3, 0.4) is 0 Å². The van der Waals surface area contributed by atoms with E-state index in [1.807, 2.05) is 11.6 Å². The van der Waals surface area contributed by atoms with Gasteiger partial charge in [-0.1, -0.05) is 0 Å². The Labute approximate surface area is 152 Å². The number of aryl methyl sites for hydroxylation is 1. The summed E-state index contributed by atoms with van der Waals surface area (Å²) in [7, 11) is 1.78. The van der Waals surface area contributed by atoms with Crippen molar-refractivity contribution in [3.63, 3.8) is 0 Å². The predicted octanol–water partition coefficient (Wildman–Crippen LogP) is 1.38. The van der Waals surface area contributed by atoms with Crippen molar-refractivity contribution >= 4 is 12.1 Å².